The van der Waals surface area contributed by atoms with Gasteiger partial charge in [0.2, 0.25) is 0 Å². The molecule has 4 aromatic rings. The Morgan fingerprint density at radius 1 is 0.484 bits per heavy atom. The first kappa shape index (κ1) is 21.2. The molecule has 0 nitrogen and oxygen atoms in total. The molecule has 7 rings (SSSR count). The van der Waals surface area contributed by atoms with E-state index in [0.29, 0.717) is 7.35 Å². The fourth-order valence-corrected chi connectivity index (χ4v) is 13.8. The predicted molar refractivity (Wildman–Crippen MR) is 115 cm³/mol. The molecular weight excluding hydrogens is 586 g/mol. The molecule has 0 N–H and O–H groups in total. The van der Waals surface area contributed by atoms with E-state index in [1.54, 1.807) is 33.4 Å². The zero-order valence-corrected chi connectivity index (χ0v) is 22.0. The van der Waals surface area contributed by atoms with Gasteiger partial charge in [-0.15, -0.1) is 0 Å². The van der Waals surface area contributed by atoms with Gasteiger partial charge in [0.1, 0.15) is 0 Å². The molecule has 150 valence electrons. The third kappa shape index (κ3) is 2.97. The van der Waals surface area contributed by atoms with Gasteiger partial charge >= 0.3 is 184 Å². The molecule has 3 heteroatoms. The molecule has 2 unspecified atom stereocenters. The Balaban J connectivity index is 0.00000102. The van der Waals surface area contributed by atoms with Gasteiger partial charge in [-0.1, -0.05) is 0 Å². The van der Waals surface area contributed by atoms with E-state index in [4.69, 9.17) is 0 Å². The van der Waals surface area contributed by atoms with Crippen LogP contribution in [-0.4, -0.2) is 0 Å². The number of hydrogen-bond acceptors (Lipinski definition) is 0. The summed E-state index contributed by atoms with van der Waals surface area (Å²) < 4.78 is 1.38. The van der Waals surface area contributed by atoms with Crippen molar-refractivity contribution in [2.75, 3.05) is 0 Å². The molecule has 2 aliphatic carbocycles. The van der Waals surface area contributed by atoms with Crippen LogP contribution in [0.2, 0.25) is 0 Å². The van der Waals surface area contributed by atoms with Crippen molar-refractivity contribution in [3.63, 3.8) is 0 Å². The molecule has 0 saturated carbocycles. The second kappa shape index (κ2) is 8.03. The Labute approximate surface area is 207 Å². The summed E-state index contributed by atoms with van der Waals surface area (Å²) in [6, 6.07) is 32.6. The van der Waals surface area contributed by atoms with Gasteiger partial charge < -0.3 is 24.8 Å². The summed E-state index contributed by atoms with van der Waals surface area (Å²) in [5, 5.41) is 0. The molecule has 1 aliphatic heterocycles. The van der Waals surface area contributed by atoms with Crippen molar-refractivity contribution in [1.82, 2.24) is 0 Å². The Morgan fingerprint density at radius 3 is 1.39 bits per heavy atom. The van der Waals surface area contributed by atoms with Crippen molar-refractivity contribution in [3.05, 3.63) is 118 Å². The Hall–Kier alpha value is -1.67. The van der Waals surface area contributed by atoms with Gasteiger partial charge in [0.05, 0.1) is 0 Å². The first-order valence-corrected chi connectivity index (χ1v) is 14.7. The normalized spacial score (nSPS) is 18.2. The molecule has 0 radical (unpaired) electrons. The Morgan fingerprint density at radius 2 is 0.903 bits per heavy atom. The zero-order chi connectivity index (χ0) is 18.9. The Bertz CT molecular complexity index is 1210. The van der Waals surface area contributed by atoms with E-state index in [-0.39, 0.29) is 24.8 Å². The van der Waals surface area contributed by atoms with Gasteiger partial charge in [-0.05, 0) is 0 Å². The van der Waals surface area contributed by atoms with Gasteiger partial charge in [-0.25, -0.2) is 0 Å². The third-order valence-electron chi connectivity index (χ3n) is 7.09. The zero-order valence-electron chi connectivity index (χ0n) is 16.9. The molecule has 0 aromatic heterocycles. The number of benzene rings is 4. The fraction of sp³-hybridized carbons (Fsp3) is 0.143. The van der Waals surface area contributed by atoms with Crippen LogP contribution in [0.4, 0.5) is 0 Å². The summed E-state index contributed by atoms with van der Waals surface area (Å²) in [4.78, 5) is 0. The average Bonchev–Trinajstić information content (AvgIpc) is 3.29. The SMILES string of the molecule is [Cl-].[Cl-].c1ccc2c(c1)-c1cccc3c1[CH]2[Hf+2][CH]1c2ccccc2-c2cccc(c21)CC3. The van der Waals surface area contributed by atoms with Crippen LogP contribution in [0.25, 0.3) is 22.3 Å². The minimum absolute atomic E-state index is 0. The molecule has 2 atom stereocenters. The first-order chi connectivity index (χ1) is 14.4. The summed E-state index contributed by atoms with van der Waals surface area (Å²) in [7, 11) is 0. The maximum atomic E-state index is 2.42. The van der Waals surface area contributed by atoms with Crippen molar-refractivity contribution in [2.45, 2.75) is 20.2 Å². The second-order valence-corrected chi connectivity index (χ2v) is 13.8. The monoisotopic (exact) mass is 606 g/mol. The van der Waals surface area contributed by atoms with E-state index in [1.807, 2.05) is 0 Å². The van der Waals surface area contributed by atoms with Crippen LogP contribution in [0.15, 0.2) is 84.9 Å². The standard InChI is InChI=1S/C28H20.2ClH.Hf/c1-3-11-23-21(7-1)17-27-19(9-5-13-25(23)27)15-16-20-10-6-14-26-24-12-4-2-8-22(24)18-28(20)26;;;/h1-14,17-18H,15-16H2;2*1H;/q;;;+2/p-2. The molecule has 31 heavy (non-hydrogen) atoms. The van der Waals surface area contributed by atoms with Crippen LogP contribution < -0.4 is 24.8 Å². The summed E-state index contributed by atoms with van der Waals surface area (Å²) in [5.74, 6) is 0. The number of fused-ring (bicyclic) bond motifs is 6. The van der Waals surface area contributed by atoms with Gasteiger partial charge in [0, 0.05) is 0 Å². The van der Waals surface area contributed by atoms with Gasteiger partial charge in [0.25, 0.3) is 0 Å². The van der Waals surface area contributed by atoms with E-state index < -0.39 is 22.9 Å². The van der Waals surface area contributed by atoms with Gasteiger partial charge in [-0.2, -0.15) is 0 Å². The number of halogens is 2. The number of hydrogen-bond donors (Lipinski definition) is 0. The van der Waals surface area contributed by atoms with Crippen LogP contribution in [-0.2, 0) is 35.7 Å². The molecule has 0 amide bonds. The maximum absolute atomic E-state index is 2.42. The van der Waals surface area contributed by atoms with Crippen LogP contribution in [0.1, 0.15) is 40.7 Å². The number of aryl methyl sites for hydroxylation is 2. The van der Waals surface area contributed by atoms with E-state index in [9.17, 15) is 0 Å². The van der Waals surface area contributed by atoms with Crippen LogP contribution in [0.3, 0.4) is 0 Å². The molecule has 3 aliphatic rings. The van der Waals surface area contributed by atoms with Crippen molar-refractivity contribution >= 4 is 0 Å². The molecule has 0 spiro atoms. The summed E-state index contributed by atoms with van der Waals surface area (Å²) in [6.07, 6.45) is 2.33. The fourth-order valence-electron chi connectivity index (χ4n) is 5.89. The second-order valence-electron chi connectivity index (χ2n) is 8.46. The molecule has 0 fully saturated rings. The molecule has 0 saturated heterocycles. The molecule has 4 aromatic carbocycles. The van der Waals surface area contributed by atoms with Crippen LogP contribution >= 0.6 is 0 Å². The van der Waals surface area contributed by atoms with Crippen molar-refractivity contribution in [2.24, 2.45) is 0 Å². The Kier molecular flexibility index (Phi) is 5.49. The first-order valence-electron chi connectivity index (χ1n) is 10.6. The predicted octanol–water partition coefficient (Wildman–Crippen LogP) is 0.716. The van der Waals surface area contributed by atoms with Crippen LogP contribution in [0, 0.1) is 0 Å². The summed E-state index contributed by atoms with van der Waals surface area (Å²) in [6.45, 7) is 0. The minimum atomic E-state index is -1.13. The molecule has 1 heterocycles. The van der Waals surface area contributed by atoms with Gasteiger partial charge in [0.15, 0.2) is 0 Å². The average molecular weight is 606 g/mol. The molecular formula is C28H20Cl2Hf. The van der Waals surface area contributed by atoms with E-state index in [1.165, 1.54) is 22.3 Å². The van der Waals surface area contributed by atoms with E-state index in [0.717, 1.165) is 12.8 Å². The number of rotatable bonds is 0. The molecule has 0 bridgehead atoms. The quantitative estimate of drug-likeness (QED) is 0.259. The van der Waals surface area contributed by atoms with E-state index in [2.05, 4.69) is 84.9 Å². The third-order valence-corrected chi connectivity index (χ3v) is 13.8. The van der Waals surface area contributed by atoms with E-state index >= 15 is 0 Å². The van der Waals surface area contributed by atoms with Crippen LogP contribution in [0.5, 0.6) is 0 Å². The van der Waals surface area contributed by atoms with Crippen molar-refractivity contribution < 1.29 is 47.7 Å². The summed E-state index contributed by atoms with van der Waals surface area (Å²) in [5.41, 5.74) is 15.9. The topological polar surface area (TPSA) is 0 Å². The summed E-state index contributed by atoms with van der Waals surface area (Å²) >= 11 is -1.13. The van der Waals surface area contributed by atoms with Crippen molar-refractivity contribution in [1.29, 1.82) is 0 Å². The van der Waals surface area contributed by atoms with Gasteiger partial charge in [-0.3, -0.25) is 0 Å². The van der Waals surface area contributed by atoms with Crippen molar-refractivity contribution in [3.8, 4) is 22.3 Å².